The Balaban J connectivity index is 1.43. The number of hydrogen-bond acceptors (Lipinski definition) is 4. The van der Waals surface area contributed by atoms with E-state index in [0.717, 1.165) is 37.4 Å². The van der Waals surface area contributed by atoms with Gasteiger partial charge in [-0.3, -0.25) is 9.48 Å². The Morgan fingerprint density at radius 1 is 1.10 bits per heavy atom. The van der Waals surface area contributed by atoms with E-state index in [-0.39, 0.29) is 11.9 Å². The Bertz CT molecular complexity index is 932. The Morgan fingerprint density at radius 2 is 1.86 bits per heavy atom. The van der Waals surface area contributed by atoms with Crippen LogP contribution in [-0.4, -0.2) is 42.0 Å². The zero-order chi connectivity index (χ0) is 20.1. The summed E-state index contributed by atoms with van der Waals surface area (Å²) in [5.41, 5.74) is 3.91. The van der Waals surface area contributed by atoms with Gasteiger partial charge in [-0.15, -0.1) is 0 Å². The van der Waals surface area contributed by atoms with Crippen molar-refractivity contribution in [2.45, 2.75) is 19.5 Å². The van der Waals surface area contributed by atoms with Gasteiger partial charge in [-0.1, -0.05) is 30.3 Å². The molecule has 1 aliphatic heterocycles. The number of carbonyl (C=O) groups is 1. The van der Waals surface area contributed by atoms with Crippen LogP contribution in [0.2, 0.25) is 0 Å². The predicted molar refractivity (Wildman–Crippen MR) is 113 cm³/mol. The Kier molecular flexibility index (Phi) is 5.91. The molecule has 0 spiro atoms. The van der Waals surface area contributed by atoms with Gasteiger partial charge in [-0.2, -0.15) is 5.10 Å². The molecule has 6 nitrogen and oxygen atoms in total. The van der Waals surface area contributed by atoms with Crippen molar-refractivity contribution < 1.29 is 9.53 Å². The Labute approximate surface area is 171 Å². The second-order valence-corrected chi connectivity index (χ2v) is 7.25. The van der Waals surface area contributed by atoms with E-state index in [1.54, 1.807) is 6.20 Å². The van der Waals surface area contributed by atoms with Crippen LogP contribution in [0.4, 0.5) is 5.69 Å². The fourth-order valence-electron chi connectivity index (χ4n) is 3.60. The SMILES string of the molecule is CC(NC(=O)c1ccccc1Cn1cccn1)c1ccc(N2CCOCC2)cc1. The molecule has 0 saturated carbocycles. The monoisotopic (exact) mass is 390 g/mol. The molecule has 0 radical (unpaired) electrons. The van der Waals surface area contributed by atoms with Crippen LogP contribution in [0.3, 0.4) is 0 Å². The summed E-state index contributed by atoms with van der Waals surface area (Å²) in [5, 5.41) is 7.37. The number of nitrogens with one attached hydrogen (secondary N) is 1. The molecule has 150 valence electrons. The summed E-state index contributed by atoms with van der Waals surface area (Å²) in [5.74, 6) is -0.0717. The number of benzene rings is 2. The minimum absolute atomic E-state index is 0.0717. The van der Waals surface area contributed by atoms with Crippen LogP contribution >= 0.6 is 0 Å². The van der Waals surface area contributed by atoms with E-state index < -0.39 is 0 Å². The summed E-state index contributed by atoms with van der Waals surface area (Å²) in [7, 11) is 0. The lowest BCUT2D eigenvalue weighted by Crippen LogP contribution is -2.36. The van der Waals surface area contributed by atoms with Gasteiger partial charge in [0.05, 0.1) is 25.8 Å². The van der Waals surface area contributed by atoms with Crippen molar-refractivity contribution in [2.75, 3.05) is 31.2 Å². The molecule has 29 heavy (non-hydrogen) atoms. The topological polar surface area (TPSA) is 59.4 Å². The number of nitrogens with zero attached hydrogens (tertiary/aromatic N) is 3. The van der Waals surface area contributed by atoms with Crippen LogP contribution in [0.1, 0.15) is 34.5 Å². The molecule has 2 aromatic carbocycles. The molecule has 1 aliphatic rings. The number of hydrogen-bond donors (Lipinski definition) is 1. The molecule has 2 heterocycles. The second kappa shape index (κ2) is 8.92. The van der Waals surface area contributed by atoms with Crippen LogP contribution in [0.15, 0.2) is 67.0 Å². The van der Waals surface area contributed by atoms with Gasteiger partial charge < -0.3 is 15.0 Å². The quantitative estimate of drug-likeness (QED) is 0.702. The fraction of sp³-hybridized carbons (Fsp3) is 0.304. The van der Waals surface area contributed by atoms with Gasteiger partial charge in [-0.25, -0.2) is 0 Å². The van der Waals surface area contributed by atoms with Gasteiger partial charge in [0.1, 0.15) is 0 Å². The number of rotatable bonds is 6. The second-order valence-electron chi connectivity index (χ2n) is 7.25. The largest absolute Gasteiger partial charge is 0.378 e. The number of carbonyl (C=O) groups excluding carboxylic acids is 1. The van der Waals surface area contributed by atoms with Gasteiger partial charge in [0.15, 0.2) is 0 Å². The zero-order valence-corrected chi connectivity index (χ0v) is 16.6. The molecular formula is C23H26N4O2. The highest BCUT2D eigenvalue weighted by Crippen LogP contribution is 2.21. The van der Waals surface area contributed by atoms with E-state index in [0.29, 0.717) is 12.1 Å². The van der Waals surface area contributed by atoms with Crippen LogP contribution in [0, 0.1) is 0 Å². The van der Waals surface area contributed by atoms with Crippen LogP contribution in [0.25, 0.3) is 0 Å². The molecule has 1 N–H and O–H groups in total. The minimum atomic E-state index is -0.0843. The first-order valence-corrected chi connectivity index (χ1v) is 9.99. The minimum Gasteiger partial charge on any atom is -0.378 e. The number of aromatic nitrogens is 2. The first kappa shape index (κ1) is 19.2. The highest BCUT2D eigenvalue weighted by molar-refractivity contribution is 5.95. The third kappa shape index (κ3) is 4.66. The highest BCUT2D eigenvalue weighted by Gasteiger charge is 2.16. The molecule has 1 aromatic heterocycles. The summed E-state index contributed by atoms with van der Waals surface area (Å²) < 4.78 is 7.24. The summed E-state index contributed by atoms with van der Waals surface area (Å²) in [6, 6.07) is 17.9. The smallest absolute Gasteiger partial charge is 0.252 e. The first-order valence-electron chi connectivity index (χ1n) is 9.99. The van der Waals surface area contributed by atoms with Gasteiger partial charge in [0.25, 0.3) is 5.91 Å². The van der Waals surface area contributed by atoms with E-state index in [4.69, 9.17) is 4.74 Å². The lowest BCUT2D eigenvalue weighted by atomic mass is 10.0. The molecule has 1 fully saturated rings. The third-order valence-corrected chi connectivity index (χ3v) is 5.27. The van der Waals surface area contributed by atoms with Crippen molar-refractivity contribution in [1.82, 2.24) is 15.1 Å². The number of ether oxygens (including phenoxy) is 1. The molecular weight excluding hydrogens is 364 g/mol. The van der Waals surface area contributed by atoms with E-state index in [1.807, 2.05) is 48.1 Å². The van der Waals surface area contributed by atoms with E-state index in [1.165, 1.54) is 5.69 Å². The van der Waals surface area contributed by atoms with E-state index in [2.05, 4.69) is 39.6 Å². The fourth-order valence-corrected chi connectivity index (χ4v) is 3.60. The van der Waals surface area contributed by atoms with Crippen molar-refractivity contribution >= 4 is 11.6 Å². The summed E-state index contributed by atoms with van der Waals surface area (Å²) in [4.78, 5) is 15.3. The van der Waals surface area contributed by atoms with Crippen molar-refractivity contribution in [3.8, 4) is 0 Å². The Morgan fingerprint density at radius 3 is 2.59 bits per heavy atom. The standard InChI is InChI=1S/C23H26N4O2/c1-18(19-7-9-21(10-8-19)26-13-15-29-16-14-26)25-23(28)22-6-3-2-5-20(22)17-27-12-4-11-24-27/h2-12,18H,13-17H2,1H3,(H,25,28). The number of anilines is 1. The maximum atomic E-state index is 12.9. The van der Waals surface area contributed by atoms with Crippen LogP contribution in [-0.2, 0) is 11.3 Å². The Hall–Kier alpha value is -3.12. The third-order valence-electron chi connectivity index (χ3n) is 5.27. The average Bonchev–Trinajstić information content (AvgIpc) is 3.28. The maximum Gasteiger partial charge on any atom is 0.252 e. The maximum absolute atomic E-state index is 12.9. The molecule has 3 aromatic rings. The number of morpholine rings is 1. The van der Waals surface area contributed by atoms with Gasteiger partial charge in [0.2, 0.25) is 0 Å². The zero-order valence-electron chi connectivity index (χ0n) is 16.6. The lowest BCUT2D eigenvalue weighted by molar-refractivity contribution is 0.0938. The van der Waals surface area contributed by atoms with E-state index >= 15 is 0 Å². The van der Waals surface area contributed by atoms with Crippen LogP contribution < -0.4 is 10.2 Å². The molecule has 6 heteroatoms. The van der Waals surface area contributed by atoms with Crippen molar-refractivity contribution in [3.05, 3.63) is 83.7 Å². The number of amides is 1. The van der Waals surface area contributed by atoms with Gasteiger partial charge in [0, 0.05) is 36.7 Å². The molecule has 4 rings (SSSR count). The highest BCUT2D eigenvalue weighted by atomic mass is 16.5. The van der Waals surface area contributed by atoms with Crippen molar-refractivity contribution in [2.24, 2.45) is 0 Å². The predicted octanol–water partition coefficient (Wildman–Crippen LogP) is 3.26. The van der Waals surface area contributed by atoms with Crippen LogP contribution in [0.5, 0.6) is 0 Å². The molecule has 1 atom stereocenters. The molecule has 0 aliphatic carbocycles. The van der Waals surface area contributed by atoms with Crippen molar-refractivity contribution in [1.29, 1.82) is 0 Å². The average molecular weight is 390 g/mol. The molecule has 0 bridgehead atoms. The molecule has 1 saturated heterocycles. The van der Waals surface area contributed by atoms with Gasteiger partial charge >= 0.3 is 0 Å². The summed E-state index contributed by atoms with van der Waals surface area (Å²) >= 11 is 0. The first-order chi connectivity index (χ1) is 14.2. The summed E-state index contributed by atoms with van der Waals surface area (Å²) in [6.45, 7) is 5.95. The normalized spacial score (nSPS) is 15.1. The summed E-state index contributed by atoms with van der Waals surface area (Å²) in [6.07, 6.45) is 3.64. The molecule has 1 unspecified atom stereocenters. The van der Waals surface area contributed by atoms with Crippen molar-refractivity contribution in [3.63, 3.8) is 0 Å². The van der Waals surface area contributed by atoms with E-state index in [9.17, 15) is 4.79 Å². The lowest BCUT2D eigenvalue weighted by Gasteiger charge is -2.29. The van der Waals surface area contributed by atoms with Gasteiger partial charge in [-0.05, 0) is 42.3 Å². The molecule has 1 amide bonds.